The van der Waals surface area contributed by atoms with Gasteiger partial charge in [-0.15, -0.1) is 0 Å². The summed E-state index contributed by atoms with van der Waals surface area (Å²) in [5.41, 5.74) is 1.08. The van der Waals surface area contributed by atoms with E-state index in [2.05, 4.69) is 4.98 Å². The van der Waals surface area contributed by atoms with Gasteiger partial charge in [-0.3, -0.25) is 0 Å². The Bertz CT molecular complexity index is 645. The van der Waals surface area contributed by atoms with Gasteiger partial charge in [-0.1, -0.05) is 23.2 Å². The topological polar surface area (TPSA) is 20.7 Å². The minimum Gasteiger partial charge on any atom is -0.331 e. The Morgan fingerprint density at radius 1 is 1.22 bits per heavy atom. The van der Waals surface area contributed by atoms with Crippen LogP contribution in [-0.2, 0) is 6.54 Å². The molecule has 2 aromatic rings. The molecule has 0 bridgehead atoms. The molecule has 1 aromatic carbocycles. The molecule has 98 valence electrons. The molecule has 18 heavy (non-hydrogen) atoms. The number of aromatic nitrogens is 2. The van der Waals surface area contributed by atoms with Crippen molar-refractivity contribution in [1.82, 2.24) is 9.55 Å². The monoisotopic (exact) mass is 314 g/mol. The molecule has 0 unspecified atom stereocenters. The first kappa shape index (κ1) is 13.7. The number of imidazole rings is 1. The van der Waals surface area contributed by atoms with Crippen LogP contribution in [0.5, 0.6) is 0 Å². The zero-order valence-electron chi connectivity index (χ0n) is 8.81. The minimum atomic E-state index is -4.23. The standard InChI is InChI=1S/C10H7Cl2F3N2S/c11-5-3-7-8(4-6(5)12)17(9(18)16-7)2-1-10(13,14)15/h3-4H,1-2H2,(H,16,18). The number of halogens is 5. The summed E-state index contributed by atoms with van der Waals surface area (Å²) in [5.74, 6) is 0. The lowest BCUT2D eigenvalue weighted by Crippen LogP contribution is -2.12. The van der Waals surface area contributed by atoms with E-state index < -0.39 is 12.6 Å². The van der Waals surface area contributed by atoms with E-state index in [0.29, 0.717) is 16.1 Å². The number of benzene rings is 1. The Labute approximate surface area is 115 Å². The molecule has 0 aliphatic carbocycles. The van der Waals surface area contributed by atoms with Crippen LogP contribution in [0.4, 0.5) is 13.2 Å². The van der Waals surface area contributed by atoms with Crippen molar-refractivity contribution >= 4 is 46.5 Å². The molecule has 0 radical (unpaired) electrons. The SMILES string of the molecule is FC(F)(F)CCn1c(=S)[nH]c2cc(Cl)c(Cl)cc21. The second-order valence-electron chi connectivity index (χ2n) is 3.73. The van der Waals surface area contributed by atoms with Gasteiger partial charge < -0.3 is 9.55 Å². The van der Waals surface area contributed by atoms with Crippen LogP contribution < -0.4 is 0 Å². The Balaban J connectivity index is 2.47. The van der Waals surface area contributed by atoms with Crippen molar-refractivity contribution in [3.63, 3.8) is 0 Å². The van der Waals surface area contributed by atoms with Gasteiger partial charge in [0.1, 0.15) is 0 Å². The van der Waals surface area contributed by atoms with Crippen LogP contribution in [0.25, 0.3) is 11.0 Å². The molecule has 0 atom stereocenters. The summed E-state index contributed by atoms with van der Waals surface area (Å²) in [7, 11) is 0. The number of hydrogen-bond donors (Lipinski definition) is 1. The van der Waals surface area contributed by atoms with Gasteiger partial charge in [0.05, 0.1) is 27.5 Å². The van der Waals surface area contributed by atoms with E-state index >= 15 is 0 Å². The number of rotatable bonds is 2. The van der Waals surface area contributed by atoms with Gasteiger partial charge in [0.25, 0.3) is 0 Å². The van der Waals surface area contributed by atoms with Gasteiger partial charge in [-0.2, -0.15) is 13.2 Å². The van der Waals surface area contributed by atoms with E-state index in [1.807, 2.05) is 0 Å². The molecule has 8 heteroatoms. The summed E-state index contributed by atoms with van der Waals surface area (Å²) in [6, 6.07) is 3.04. The Hall–Kier alpha value is -0.720. The maximum Gasteiger partial charge on any atom is 0.390 e. The minimum absolute atomic E-state index is 0.215. The molecule has 1 heterocycles. The van der Waals surface area contributed by atoms with Crippen molar-refractivity contribution < 1.29 is 13.2 Å². The smallest absolute Gasteiger partial charge is 0.331 e. The molecular weight excluding hydrogens is 308 g/mol. The van der Waals surface area contributed by atoms with E-state index in [0.717, 1.165) is 0 Å². The highest BCUT2D eigenvalue weighted by Crippen LogP contribution is 2.28. The van der Waals surface area contributed by atoms with E-state index in [9.17, 15) is 13.2 Å². The maximum absolute atomic E-state index is 12.2. The average molecular weight is 315 g/mol. The predicted molar refractivity (Wildman–Crippen MR) is 67.8 cm³/mol. The lowest BCUT2D eigenvalue weighted by molar-refractivity contribution is -0.136. The molecule has 2 rings (SSSR count). The van der Waals surface area contributed by atoms with E-state index in [4.69, 9.17) is 35.4 Å². The molecule has 0 saturated heterocycles. The predicted octanol–water partition coefficient (Wildman–Crippen LogP) is 4.96. The number of nitrogens with one attached hydrogen (secondary N) is 1. The molecule has 0 aliphatic heterocycles. The molecule has 0 spiro atoms. The van der Waals surface area contributed by atoms with E-state index in [1.54, 1.807) is 6.07 Å². The molecular formula is C10H7Cl2F3N2S. The number of alkyl halides is 3. The quantitative estimate of drug-likeness (QED) is 0.777. The first-order valence-electron chi connectivity index (χ1n) is 4.92. The third-order valence-corrected chi connectivity index (χ3v) is 3.48. The van der Waals surface area contributed by atoms with Crippen molar-refractivity contribution in [1.29, 1.82) is 0 Å². The van der Waals surface area contributed by atoms with Crippen LogP contribution in [0.3, 0.4) is 0 Å². The van der Waals surface area contributed by atoms with Gasteiger partial charge in [-0.05, 0) is 24.4 Å². The van der Waals surface area contributed by atoms with Gasteiger partial charge in [0.15, 0.2) is 4.77 Å². The zero-order valence-corrected chi connectivity index (χ0v) is 11.1. The Morgan fingerprint density at radius 3 is 2.44 bits per heavy atom. The second kappa shape index (κ2) is 4.75. The summed E-state index contributed by atoms with van der Waals surface area (Å²) in [4.78, 5) is 2.80. The first-order chi connectivity index (χ1) is 8.28. The van der Waals surface area contributed by atoms with Crippen LogP contribution in [0, 0.1) is 4.77 Å². The summed E-state index contributed by atoms with van der Waals surface area (Å²) in [6.07, 6.45) is -5.18. The Morgan fingerprint density at radius 2 is 1.83 bits per heavy atom. The van der Waals surface area contributed by atoms with E-state index in [-0.39, 0.29) is 16.3 Å². The molecule has 1 aromatic heterocycles. The second-order valence-corrected chi connectivity index (χ2v) is 4.93. The fourth-order valence-corrected chi connectivity index (χ4v) is 2.23. The fourth-order valence-electron chi connectivity index (χ4n) is 1.61. The number of hydrogen-bond acceptors (Lipinski definition) is 1. The average Bonchev–Trinajstić information content (AvgIpc) is 2.51. The van der Waals surface area contributed by atoms with Crippen LogP contribution in [-0.4, -0.2) is 15.7 Å². The number of fused-ring (bicyclic) bond motifs is 1. The lowest BCUT2D eigenvalue weighted by Gasteiger charge is -2.08. The third-order valence-electron chi connectivity index (χ3n) is 2.44. The van der Waals surface area contributed by atoms with Crippen molar-refractivity contribution in [2.24, 2.45) is 0 Å². The third kappa shape index (κ3) is 2.81. The van der Waals surface area contributed by atoms with E-state index in [1.165, 1.54) is 10.6 Å². The highest BCUT2D eigenvalue weighted by atomic mass is 35.5. The molecule has 0 aliphatic rings. The lowest BCUT2D eigenvalue weighted by atomic mass is 10.3. The van der Waals surface area contributed by atoms with Crippen molar-refractivity contribution in [3.8, 4) is 0 Å². The van der Waals surface area contributed by atoms with Crippen LogP contribution in [0.1, 0.15) is 6.42 Å². The largest absolute Gasteiger partial charge is 0.390 e. The number of aromatic amines is 1. The first-order valence-corrected chi connectivity index (χ1v) is 6.08. The molecule has 0 saturated carbocycles. The van der Waals surface area contributed by atoms with Gasteiger partial charge in [0, 0.05) is 6.54 Å². The number of H-pyrrole nitrogens is 1. The molecule has 1 N–H and O–H groups in total. The summed E-state index contributed by atoms with van der Waals surface area (Å²) < 4.78 is 38.2. The Kier molecular flexibility index (Phi) is 3.62. The van der Waals surface area contributed by atoms with Gasteiger partial charge >= 0.3 is 6.18 Å². The van der Waals surface area contributed by atoms with Crippen molar-refractivity contribution in [3.05, 3.63) is 26.9 Å². The summed E-state index contributed by atoms with van der Waals surface area (Å²) in [6.45, 7) is -0.250. The fraction of sp³-hybridized carbons (Fsp3) is 0.300. The van der Waals surface area contributed by atoms with Crippen LogP contribution in [0.2, 0.25) is 10.0 Å². The van der Waals surface area contributed by atoms with Crippen LogP contribution in [0.15, 0.2) is 12.1 Å². The van der Waals surface area contributed by atoms with Gasteiger partial charge in [0.2, 0.25) is 0 Å². The summed E-state index contributed by atoms with van der Waals surface area (Å²) >= 11 is 16.6. The molecule has 0 fully saturated rings. The van der Waals surface area contributed by atoms with Gasteiger partial charge in [-0.25, -0.2) is 0 Å². The normalized spacial score (nSPS) is 12.3. The maximum atomic E-state index is 12.2. The number of nitrogens with zero attached hydrogens (tertiary/aromatic N) is 1. The highest BCUT2D eigenvalue weighted by molar-refractivity contribution is 7.71. The van der Waals surface area contributed by atoms with Crippen molar-refractivity contribution in [2.45, 2.75) is 19.1 Å². The molecule has 2 nitrogen and oxygen atoms in total. The molecule has 0 amide bonds. The zero-order chi connectivity index (χ0) is 13.5. The highest BCUT2D eigenvalue weighted by Gasteiger charge is 2.27. The summed E-state index contributed by atoms with van der Waals surface area (Å²) in [5, 5.41) is 0.599. The number of aryl methyl sites for hydroxylation is 1. The van der Waals surface area contributed by atoms with Crippen LogP contribution >= 0.6 is 35.4 Å². The van der Waals surface area contributed by atoms with Crippen molar-refractivity contribution in [2.75, 3.05) is 0 Å².